The zero-order valence-corrected chi connectivity index (χ0v) is 10.1. The molecule has 2 rings (SSSR count). The summed E-state index contributed by atoms with van der Waals surface area (Å²) in [5.74, 6) is 0. The summed E-state index contributed by atoms with van der Waals surface area (Å²) < 4.78 is 1.08. The van der Waals surface area contributed by atoms with Crippen LogP contribution in [-0.4, -0.2) is 4.98 Å². The van der Waals surface area contributed by atoms with E-state index < -0.39 is 0 Å². The van der Waals surface area contributed by atoms with Crippen LogP contribution in [0.5, 0.6) is 0 Å². The van der Waals surface area contributed by atoms with Crippen LogP contribution in [0.3, 0.4) is 0 Å². The van der Waals surface area contributed by atoms with Crippen LogP contribution in [0.4, 0.5) is 0 Å². The van der Waals surface area contributed by atoms with Crippen molar-refractivity contribution in [3.05, 3.63) is 39.5 Å². The Labute approximate surface area is 92.3 Å². The molecule has 14 heavy (non-hydrogen) atoms. The minimum atomic E-state index is 1.07. The van der Waals surface area contributed by atoms with Gasteiger partial charge in [-0.15, -0.1) is 0 Å². The second-order valence-corrected chi connectivity index (χ2v) is 4.52. The van der Waals surface area contributed by atoms with Crippen LogP contribution >= 0.6 is 15.9 Å². The third-order valence-corrected chi connectivity index (χ3v) is 3.25. The van der Waals surface area contributed by atoms with E-state index in [0.717, 1.165) is 15.7 Å². The third kappa shape index (κ3) is 1.44. The van der Waals surface area contributed by atoms with Gasteiger partial charge in [-0.25, -0.2) is 0 Å². The lowest BCUT2D eigenvalue weighted by Gasteiger charge is -2.08. The number of pyridine rings is 1. The molecule has 0 aliphatic carbocycles. The van der Waals surface area contributed by atoms with Crippen molar-refractivity contribution in [2.24, 2.45) is 0 Å². The maximum absolute atomic E-state index is 4.57. The predicted molar refractivity (Wildman–Crippen MR) is 63.7 cm³/mol. The summed E-state index contributed by atoms with van der Waals surface area (Å²) in [6, 6.07) is 6.24. The lowest BCUT2D eigenvalue weighted by atomic mass is 10.0. The normalized spacial score (nSPS) is 10.9. The van der Waals surface area contributed by atoms with Crippen LogP contribution in [0.2, 0.25) is 0 Å². The molecule has 1 nitrogen and oxygen atoms in total. The molecular weight excluding hydrogens is 238 g/mol. The van der Waals surface area contributed by atoms with E-state index in [0.29, 0.717) is 0 Å². The zero-order chi connectivity index (χ0) is 10.3. The van der Waals surface area contributed by atoms with Gasteiger partial charge in [0.25, 0.3) is 0 Å². The minimum absolute atomic E-state index is 1.07. The Morgan fingerprint density at radius 2 is 1.79 bits per heavy atom. The highest BCUT2D eigenvalue weighted by Gasteiger charge is 2.05. The van der Waals surface area contributed by atoms with Gasteiger partial charge in [0.05, 0.1) is 5.52 Å². The molecule has 0 unspecified atom stereocenters. The number of aryl methyl sites for hydroxylation is 2. The number of halogens is 1. The number of aromatic nitrogens is 1. The Hall–Kier alpha value is -0.890. The summed E-state index contributed by atoms with van der Waals surface area (Å²) in [5, 5.41) is 1.25. The molecule has 0 radical (unpaired) electrons. The van der Waals surface area contributed by atoms with Crippen molar-refractivity contribution in [2.75, 3.05) is 0 Å². The van der Waals surface area contributed by atoms with Crippen LogP contribution in [0, 0.1) is 20.8 Å². The molecule has 0 N–H and O–H groups in total. The third-order valence-electron chi connectivity index (χ3n) is 2.76. The summed E-state index contributed by atoms with van der Waals surface area (Å²) in [7, 11) is 0. The number of hydrogen-bond donors (Lipinski definition) is 0. The van der Waals surface area contributed by atoms with Gasteiger partial charge in [-0.3, -0.25) is 4.98 Å². The van der Waals surface area contributed by atoms with Gasteiger partial charge in [-0.2, -0.15) is 0 Å². The lowest BCUT2D eigenvalue weighted by Crippen LogP contribution is -1.93. The topological polar surface area (TPSA) is 12.9 Å². The summed E-state index contributed by atoms with van der Waals surface area (Å²) in [6.07, 6.45) is 0. The molecule has 1 heterocycles. The van der Waals surface area contributed by atoms with E-state index >= 15 is 0 Å². The van der Waals surface area contributed by atoms with Gasteiger partial charge in [0.15, 0.2) is 0 Å². The first-order valence-electron chi connectivity index (χ1n) is 4.62. The molecule has 72 valence electrons. The second-order valence-electron chi connectivity index (χ2n) is 3.61. The van der Waals surface area contributed by atoms with Crippen molar-refractivity contribution in [1.29, 1.82) is 0 Å². The first kappa shape index (κ1) is 9.66. The van der Waals surface area contributed by atoms with E-state index in [1.54, 1.807) is 0 Å². The highest BCUT2D eigenvalue weighted by atomic mass is 79.9. The van der Waals surface area contributed by atoms with E-state index in [-0.39, 0.29) is 0 Å². The Balaban J connectivity index is 2.91. The summed E-state index contributed by atoms with van der Waals surface area (Å²) in [5.41, 5.74) is 4.81. The number of hydrogen-bond acceptors (Lipinski definition) is 1. The molecule has 0 fully saturated rings. The molecule has 0 amide bonds. The molecular formula is C12H12BrN. The lowest BCUT2D eigenvalue weighted by molar-refractivity contribution is 1.17. The van der Waals surface area contributed by atoms with Crippen LogP contribution in [0.15, 0.2) is 22.7 Å². The van der Waals surface area contributed by atoms with Crippen LogP contribution in [0.1, 0.15) is 16.8 Å². The Morgan fingerprint density at radius 3 is 2.50 bits per heavy atom. The first-order chi connectivity index (χ1) is 6.59. The predicted octanol–water partition coefficient (Wildman–Crippen LogP) is 3.92. The van der Waals surface area contributed by atoms with Crippen molar-refractivity contribution in [2.45, 2.75) is 20.8 Å². The van der Waals surface area contributed by atoms with E-state index in [9.17, 15) is 0 Å². The van der Waals surface area contributed by atoms with Crippen molar-refractivity contribution in [3.63, 3.8) is 0 Å². The molecule has 0 spiro atoms. The number of nitrogens with zero attached hydrogens (tertiary/aromatic N) is 1. The molecule has 0 saturated heterocycles. The van der Waals surface area contributed by atoms with E-state index in [2.05, 4.69) is 59.9 Å². The Kier molecular flexibility index (Phi) is 2.31. The zero-order valence-electron chi connectivity index (χ0n) is 8.56. The average Bonchev–Trinajstić information content (AvgIpc) is 2.14. The van der Waals surface area contributed by atoms with E-state index in [1.165, 1.54) is 16.5 Å². The molecule has 0 atom stereocenters. The second kappa shape index (κ2) is 3.35. The molecule has 2 heteroatoms. The molecule has 1 aromatic carbocycles. The van der Waals surface area contributed by atoms with Gasteiger partial charge in [-0.1, -0.05) is 22.0 Å². The minimum Gasteiger partial charge on any atom is -0.253 e. The molecule has 0 aliphatic heterocycles. The number of rotatable bonds is 0. The summed E-state index contributed by atoms with van der Waals surface area (Å²) in [4.78, 5) is 4.57. The van der Waals surface area contributed by atoms with Crippen LogP contribution in [0.25, 0.3) is 10.9 Å². The van der Waals surface area contributed by atoms with E-state index in [4.69, 9.17) is 0 Å². The van der Waals surface area contributed by atoms with Crippen molar-refractivity contribution >= 4 is 26.8 Å². The molecule has 1 aromatic heterocycles. The van der Waals surface area contributed by atoms with Crippen molar-refractivity contribution < 1.29 is 0 Å². The van der Waals surface area contributed by atoms with Gasteiger partial charge < -0.3 is 0 Å². The highest BCUT2D eigenvalue weighted by molar-refractivity contribution is 9.10. The Morgan fingerprint density at radius 1 is 1.07 bits per heavy atom. The SMILES string of the molecule is Cc1nc2cc(Br)ccc2c(C)c1C. The smallest absolute Gasteiger partial charge is 0.0719 e. The van der Waals surface area contributed by atoms with Gasteiger partial charge in [0.1, 0.15) is 0 Å². The molecule has 0 bridgehead atoms. The fraction of sp³-hybridized carbons (Fsp3) is 0.250. The van der Waals surface area contributed by atoms with Crippen LogP contribution in [-0.2, 0) is 0 Å². The largest absolute Gasteiger partial charge is 0.253 e. The number of fused-ring (bicyclic) bond motifs is 1. The average molecular weight is 250 g/mol. The van der Waals surface area contributed by atoms with Crippen molar-refractivity contribution in [1.82, 2.24) is 4.98 Å². The molecule has 2 aromatic rings. The van der Waals surface area contributed by atoms with Crippen LogP contribution < -0.4 is 0 Å². The first-order valence-corrected chi connectivity index (χ1v) is 5.42. The fourth-order valence-electron chi connectivity index (χ4n) is 1.65. The van der Waals surface area contributed by atoms with Gasteiger partial charge >= 0.3 is 0 Å². The van der Waals surface area contributed by atoms with E-state index in [1.807, 2.05) is 0 Å². The maximum atomic E-state index is 4.57. The summed E-state index contributed by atoms with van der Waals surface area (Å²) in [6.45, 7) is 6.34. The Bertz CT molecular complexity index is 503. The summed E-state index contributed by atoms with van der Waals surface area (Å²) >= 11 is 3.46. The van der Waals surface area contributed by atoms with Gasteiger partial charge in [-0.05, 0) is 44.0 Å². The van der Waals surface area contributed by atoms with Gasteiger partial charge in [0, 0.05) is 15.6 Å². The highest BCUT2D eigenvalue weighted by Crippen LogP contribution is 2.24. The monoisotopic (exact) mass is 249 g/mol. The molecule has 0 aliphatic rings. The fourth-order valence-corrected chi connectivity index (χ4v) is 2.00. The van der Waals surface area contributed by atoms with Crippen molar-refractivity contribution in [3.8, 4) is 0 Å². The quantitative estimate of drug-likeness (QED) is 0.690. The maximum Gasteiger partial charge on any atom is 0.0719 e. The standard InChI is InChI=1S/C12H12BrN/c1-7-8(2)11-5-4-10(13)6-12(11)14-9(7)3/h4-6H,1-3H3. The number of benzene rings is 1. The molecule has 0 saturated carbocycles. The van der Waals surface area contributed by atoms with Gasteiger partial charge in [0.2, 0.25) is 0 Å².